The van der Waals surface area contributed by atoms with Crippen LogP contribution in [-0.2, 0) is 0 Å². The fourth-order valence-corrected chi connectivity index (χ4v) is 4.30. The highest BCUT2D eigenvalue weighted by Gasteiger charge is 2.39. The molecule has 2 fully saturated rings. The van der Waals surface area contributed by atoms with E-state index in [0.29, 0.717) is 11.8 Å². The van der Waals surface area contributed by atoms with Crippen molar-refractivity contribution in [3.8, 4) is 11.1 Å². The zero-order chi connectivity index (χ0) is 17.4. The molecule has 4 rings (SSSR count). The van der Waals surface area contributed by atoms with Crippen molar-refractivity contribution < 1.29 is 5.21 Å². The molecule has 2 aliphatic heterocycles. The fraction of sp³-hybridized carbons (Fsp3) is 0.381. The van der Waals surface area contributed by atoms with Crippen LogP contribution in [0.15, 0.2) is 53.7 Å². The van der Waals surface area contributed by atoms with Crippen LogP contribution in [0.3, 0.4) is 0 Å². The minimum atomic E-state index is 0.631. The number of hydrogen-bond acceptors (Lipinski definition) is 4. The monoisotopic (exact) mass is 335 g/mol. The molecule has 0 unspecified atom stereocenters. The van der Waals surface area contributed by atoms with Gasteiger partial charge in [0, 0.05) is 31.4 Å². The zero-order valence-corrected chi connectivity index (χ0v) is 14.9. The first-order chi connectivity index (χ1) is 12.2. The lowest BCUT2D eigenvalue weighted by atomic mass is 10.0. The van der Waals surface area contributed by atoms with Gasteiger partial charge in [-0.25, -0.2) is 0 Å². The first-order valence-electron chi connectivity index (χ1n) is 9.00. The Balaban J connectivity index is 1.52. The molecule has 4 nitrogen and oxygen atoms in total. The third-order valence-corrected chi connectivity index (χ3v) is 5.72. The molecule has 4 heteroatoms. The zero-order valence-electron chi connectivity index (χ0n) is 14.9. The molecular weight excluding hydrogens is 310 g/mol. The third-order valence-electron chi connectivity index (χ3n) is 5.72. The van der Waals surface area contributed by atoms with Crippen LogP contribution in [-0.4, -0.2) is 48.5 Å². The Morgan fingerprint density at radius 3 is 2.28 bits per heavy atom. The summed E-state index contributed by atoms with van der Waals surface area (Å²) in [5, 5.41) is 12.1. The number of likely N-dealkylation sites (N-methyl/N-ethyl adjacent to an activating group) is 1. The summed E-state index contributed by atoms with van der Waals surface area (Å²) < 4.78 is 0. The van der Waals surface area contributed by atoms with Crippen molar-refractivity contribution in [2.45, 2.75) is 19.4 Å². The SMILES string of the molecule is CC(=NO)c1ccc(-c2ccc(N3CC[C@@H]4CN(C)C[C@@H]43)cc2)cc1. The molecule has 0 aliphatic carbocycles. The topological polar surface area (TPSA) is 39.1 Å². The molecule has 2 aromatic carbocycles. The van der Waals surface area contributed by atoms with Gasteiger partial charge in [0.1, 0.15) is 0 Å². The van der Waals surface area contributed by atoms with E-state index in [4.69, 9.17) is 5.21 Å². The molecule has 2 aromatic rings. The number of nitrogens with zero attached hydrogens (tertiary/aromatic N) is 3. The van der Waals surface area contributed by atoms with Gasteiger partial charge in [-0.15, -0.1) is 0 Å². The van der Waals surface area contributed by atoms with E-state index in [1.807, 2.05) is 12.1 Å². The first-order valence-corrected chi connectivity index (χ1v) is 9.00. The van der Waals surface area contributed by atoms with Gasteiger partial charge in [0.15, 0.2) is 0 Å². The standard InChI is InChI=1S/C21H25N3O/c1-15(22-25)16-3-5-17(6-4-16)18-7-9-20(10-8-18)24-12-11-19-13-23(2)14-21(19)24/h3-10,19,21,25H,11-14H2,1-2H3/t19-,21+/m1/s1. The van der Waals surface area contributed by atoms with Crippen LogP contribution in [0.5, 0.6) is 0 Å². The molecule has 2 heterocycles. The molecule has 0 amide bonds. The number of benzene rings is 2. The van der Waals surface area contributed by atoms with Gasteiger partial charge in [-0.05, 0) is 55.1 Å². The Morgan fingerprint density at radius 1 is 1.00 bits per heavy atom. The van der Waals surface area contributed by atoms with Crippen LogP contribution < -0.4 is 4.90 Å². The van der Waals surface area contributed by atoms with Crippen molar-refractivity contribution in [2.24, 2.45) is 11.1 Å². The number of likely N-dealkylation sites (tertiary alicyclic amines) is 1. The van der Waals surface area contributed by atoms with Crippen LogP contribution in [0.4, 0.5) is 5.69 Å². The lowest BCUT2D eigenvalue weighted by Crippen LogP contribution is -2.34. The summed E-state index contributed by atoms with van der Waals surface area (Å²) in [6, 6.07) is 17.8. The number of anilines is 1. The predicted molar refractivity (Wildman–Crippen MR) is 103 cm³/mol. The largest absolute Gasteiger partial charge is 0.411 e. The van der Waals surface area contributed by atoms with E-state index in [1.54, 1.807) is 6.92 Å². The quantitative estimate of drug-likeness (QED) is 0.528. The second kappa shape index (κ2) is 6.52. The molecule has 0 spiro atoms. The highest BCUT2D eigenvalue weighted by molar-refractivity contribution is 5.98. The van der Waals surface area contributed by atoms with Gasteiger partial charge < -0.3 is 15.0 Å². The van der Waals surface area contributed by atoms with Gasteiger partial charge in [0.05, 0.1) is 5.71 Å². The van der Waals surface area contributed by atoms with Crippen LogP contribution >= 0.6 is 0 Å². The molecule has 1 N–H and O–H groups in total. The number of hydrogen-bond donors (Lipinski definition) is 1. The van der Waals surface area contributed by atoms with E-state index in [0.717, 1.165) is 11.5 Å². The Hall–Kier alpha value is -2.33. The van der Waals surface area contributed by atoms with Crippen molar-refractivity contribution in [3.63, 3.8) is 0 Å². The van der Waals surface area contributed by atoms with Crippen molar-refractivity contribution >= 4 is 11.4 Å². The van der Waals surface area contributed by atoms with E-state index in [1.165, 1.54) is 42.9 Å². The van der Waals surface area contributed by atoms with Crippen molar-refractivity contribution in [1.82, 2.24) is 4.90 Å². The maximum absolute atomic E-state index is 8.87. The van der Waals surface area contributed by atoms with Crippen molar-refractivity contribution in [3.05, 3.63) is 54.1 Å². The lowest BCUT2D eigenvalue weighted by molar-refractivity contribution is 0.319. The van der Waals surface area contributed by atoms with Gasteiger partial charge in [0.2, 0.25) is 0 Å². The van der Waals surface area contributed by atoms with E-state index >= 15 is 0 Å². The summed E-state index contributed by atoms with van der Waals surface area (Å²) in [6.07, 6.45) is 1.31. The number of rotatable bonds is 3. The molecule has 0 aromatic heterocycles. The minimum absolute atomic E-state index is 0.631. The Kier molecular flexibility index (Phi) is 4.22. The van der Waals surface area contributed by atoms with Gasteiger partial charge >= 0.3 is 0 Å². The maximum atomic E-state index is 8.87. The van der Waals surface area contributed by atoms with E-state index in [9.17, 15) is 0 Å². The van der Waals surface area contributed by atoms with Crippen molar-refractivity contribution in [2.75, 3.05) is 31.6 Å². The van der Waals surface area contributed by atoms with Crippen LogP contribution in [0.2, 0.25) is 0 Å². The highest BCUT2D eigenvalue weighted by atomic mass is 16.4. The molecule has 0 saturated carbocycles. The molecule has 2 atom stereocenters. The fourth-order valence-electron chi connectivity index (χ4n) is 4.30. The molecule has 2 saturated heterocycles. The summed E-state index contributed by atoms with van der Waals surface area (Å²) in [4.78, 5) is 5.04. The maximum Gasteiger partial charge on any atom is 0.0836 e. The number of oxime groups is 1. The predicted octanol–water partition coefficient (Wildman–Crippen LogP) is 3.69. The molecular formula is C21H25N3O. The summed E-state index contributed by atoms with van der Waals surface area (Å²) in [5.74, 6) is 0.827. The molecule has 2 aliphatic rings. The first kappa shape index (κ1) is 16.2. The van der Waals surface area contributed by atoms with Gasteiger partial charge in [-0.1, -0.05) is 41.6 Å². The van der Waals surface area contributed by atoms with Gasteiger partial charge in [-0.3, -0.25) is 0 Å². The summed E-state index contributed by atoms with van der Waals surface area (Å²) in [5.41, 5.74) is 5.31. The highest BCUT2D eigenvalue weighted by Crippen LogP contribution is 2.35. The summed E-state index contributed by atoms with van der Waals surface area (Å²) >= 11 is 0. The van der Waals surface area contributed by atoms with Crippen molar-refractivity contribution in [1.29, 1.82) is 0 Å². The second-order valence-corrected chi connectivity index (χ2v) is 7.34. The third kappa shape index (κ3) is 3.02. The smallest absolute Gasteiger partial charge is 0.0836 e. The van der Waals surface area contributed by atoms with Gasteiger partial charge in [0.25, 0.3) is 0 Å². The second-order valence-electron chi connectivity index (χ2n) is 7.34. The molecule has 0 radical (unpaired) electrons. The Morgan fingerprint density at radius 2 is 1.64 bits per heavy atom. The molecule has 130 valence electrons. The average Bonchev–Trinajstić information content (AvgIpc) is 3.20. The van der Waals surface area contributed by atoms with E-state index in [2.05, 4.69) is 58.4 Å². The molecule has 25 heavy (non-hydrogen) atoms. The lowest BCUT2D eigenvalue weighted by Gasteiger charge is -2.26. The normalized spacial score (nSPS) is 23.9. The minimum Gasteiger partial charge on any atom is -0.411 e. The summed E-state index contributed by atoms with van der Waals surface area (Å²) in [6.45, 7) is 5.40. The van der Waals surface area contributed by atoms with Crippen LogP contribution in [0.1, 0.15) is 18.9 Å². The van der Waals surface area contributed by atoms with E-state index in [-0.39, 0.29) is 0 Å². The van der Waals surface area contributed by atoms with Crippen LogP contribution in [0.25, 0.3) is 11.1 Å². The van der Waals surface area contributed by atoms with Gasteiger partial charge in [-0.2, -0.15) is 0 Å². The average molecular weight is 335 g/mol. The summed E-state index contributed by atoms with van der Waals surface area (Å²) in [7, 11) is 2.23. The van der Waals surface area contributed by atoms with E-state index < -0.39 is 0 Å². The Bertz CT molecular complexity index is 767. The van der Waals surface area contributed by atoms with Crippen LogP contribution in [0, 0.1) is 5.92 Å². The number of fused-ring (bicyclic) bond motifs is 1. The molecule has 0 bridgehead atoms. The Labute approximate surface area is 149 Å².